The van der Waals surface area contributed by atoms with E-state index >= 15 is 0 Å². The fourth-order valence-electron chi connectivity index (χ4n) is 3.85. The summed E-state index contributed by atoms with van der Waals surface area (Å²) in [5, 5.41) is 2.72. The van der Waals surface area contributed by atoms with Crippen LogP contribution in [0.3, 0.4) is 0 Å². The van der Waals surface area contributed by atoms with E-state index in [0.717, 1.165) is 11.3 Å². The summed E-state index contributed by atoms with van der Waals surface area (Å²) < 4.78 is 5.13. The number of hydrogen-bond acceptors (Lipinski definition) is 5. The van der Waals surface area contributed by atoms with Crippen LogP contribution < -0.4 is 15.8 Å². The number of nitrogens with zero attached hydrogens (tertiary/aromatic N) is 2. The molecular formula is C19H26N4O4. The lowest BCUT2D eigenvalue weighted by molar-refractivity contribution is -0.139. The summed E-state index contributed by atoms with van der Waals surface area (Å²) in [6, 6.07) is 6.42. The first kappa shape index (κ1) is 19.2. The van der Waals surface area contributed by atoms with Gasteiger partial charge in [-0.2, -0.15) is 0 Å². The quantitative estimate of drug-likeness (QED) is 0.737. The molecule has 2 fully saturated rings. The molecule has 0 bridgehead atoms. The van der Waals surface area contributed by atoms with Crippen LogP contribution >= 0.6 is 0 Å². The molecule has 2 heterocycles. The van der Waals surface area contributed by atoms with Gasteiger partial charge in [-0.1, -0.05) is 12.1 Å². The van der Waals surface area contributed by atoms with Gasteiger partial charge in [0.05, 0.1) is 7.11 Å². The Kier molecular flexibility index (Phi) is 5.10. The van der Waals surface area contributed by atoms with E-state index in [4.69, 9.17) is 10.5 Å². The smallest absolute Gasteiger partial charge is 0.325 e. The molecule has 0 aromatic heterocycles. The Balaban J connectivity index is 1.74. The zero-order valence-corrected chi connectivity index (χ0v) is 15.9. The summed E-state index contributed by atoms with van der Waals surface area (Å²) >= 11 is 0. The number of nitrogens with one attached hydrogen (secondary N) is 1. The Morgan fingerprint density at radius 1 is 1.33 bits per heavy atom. The summed E-state index contributed by atoms with van der Waals surface area (Å²) in [6.45, 7) is 4.42. The summed E-state index contributed by atoms with van der Waals surface area (Å²) in [7, 11) is 1.56. The van der Waals surface area contributed by atoms with Gasteiger partial charge < -0.3 is 20.7 Å². The van der Waals surface area contributed by atoms with Gasteiger partial charge in [0.2, 0.25) is 5.91 Å². The second-order valence-electron chi connectivity index (χ2n) is 7.41. The Hall–Kier alpha value is -2.61. The molecule has 27 heavy (non-hydrogen) atoms. The Bertz CT molecular complexity index is 751. The van der Waals surface area contributed by atoms with Crippen molar-refractivity contribution in [2.45, 2.75) is 31.8 Å². The van der Waals surface area contributed by atoms with E-state index in [1.165, 1.54) is 0 Å². The number of hydrogen-bond donors (Lipinski definition) is 2. The third-order valence-electron chi connectivity index (χ3n) is 5.55. The fourth-order valence-corrected chi connectivity index (χ4v) is 3.85. The maximum Gasteiger partial charge on any atom is 0.325 e. The van der Waals surface area contributed by atoms with Gasteiger partial charge >= 0.3 is 6.03 Å². The number of carbonyl (C=O) groups is 3. The molecule has 8 nitrogen and oxygen atoms in total. The highest BCUT2D eigenvalue weighted by Crippen LogP contribution is 2.30. The molecule has 3 rings (SSSR count). The first-order chi connectivity index (χ1) is 12.8. The first-order valence-electron chi connectivity index (χ1n) is 9.08. The Morgan fingerprint density at radius 2 is 2.00 bits per heavy atom. The largest absolute Gasteiger partial charge is 0.497 e. The molecule has 2 aliphatic rings. The molecular weight excluding hydrogens is 348 g/mol. The van der Waals surface area contributed by atoms with E-state index in [1.54, 1.807) is 43.2 Å². The van der Waals surface area contributed by atoms with Crippen LogP contribution in [0.5, 0.6) is 5.75 Å². The Morgan fingerprint density at radius 3 is 2.56 bits per heavy atom. The molecule has 0 saturated carbocycles. The molecule has 0 aliphatic carbocycles. The fraction of sp³-hybridized carbons (Fsp3) is 0.526. The van der Waals surface area contributed by atoms with Gasteiger partial charge in [0, 0.05) is 12.6 Å². The molecule has 0 radical (unpaired) electrons. The van der Waals surface area contributed by atoms with Crippen LogP contribution in [-0.4, -0.2) is 60.4 Å². The topological polar surface area (TPSA) is 105 Å². The van der Waals surface area contributed by atoms with E-state index in [1.807, 2.05) is 6.92 Å². The third kappa shape index (κ3) is 3.37. The van der Waals surface area contributed by atoms with E-state index in [-0.39, 0.29) is 24.4 Å². The van der Waals surface area contributed by atoms with Crippen LogP contribution in [0.25, 0.3) is 0 Å². The average Bonchev–Trinajstić information content (AvgIpc) is 3.15. The van der Waals surface area contributed by atoms with E-state index < -0.39 is 17.5 Å². The van der Waals surface area contributed by atoms with Crippen LogP contribution in [0.1, 0.15) is 25.8 Å². The van der Waals surface area contributed by atoms with E-state index in [9.17, 15) is 14.4 Å². The van der Waals surface area contributed by atoms with Crippen molar-refractivity contribution in [3.63, 3.8) is 0 Å². The van der Waals surface area contributed by atoms with Crippen molar-refractivity contribution >= 4 is 17.8 Å². The summed E-state index contributed by atoms with van der Waals surface area (Å²) in [5.74, 6) is 0.245. The van der Waals surface area contributed by atoms with Crippen LogP contribution in [0.15, 0.2) is 24.3 Å². The molecule has 3 atom stereocenters. The molecule has 0 spiro atoms. The van der Waals surface area contributed by atoms with Crippen LogP contribution in [0, 0.1) is 5.92 Å². The maximum atomic E-state index is 13.0. The number of imide groups is 1. The average molecular weight is 374 g/mol. The summed E-state index contributed by atoms with van der Waals surface area (Å²) in [4.78, 5) is 40.8. The molecule has 3 N–H and O–H groups in total. The number of amides is 4. The highest BCUT2D eigenvalue weighted by Gasteiger charge is 2.50. The Labute approximate surface area is 158 Å². The van der Waals surface area contributed by atoms with E-state index in [0.29, 0.717) is 24.4 Å². The van der Waals surface area contributed by atoms with Crippen molar-refractivity contribution in [3.05, 3.63) is 29.8 Å². The zero-order chi connectivity index (χ0) is 19.8. The van der Waals surface area contributed by atoms with Crippen molar-refractivity contribution in [3.8, 4) is 5.75 Å². The second-order valence-corrected chi connectivity index (χ2v) is 7.41. The van der Waals surface area contributed by atoms with Crippen LogP contribution in [0.2, 0.25) is 0 Å². The monoisotopic (exact) mass is 374 g/mol. The van der Waals surface area contributed by atoms with Gasteiger partial charge in [0.15, 0.2) is 0 Å². The minimum Gasteiger partial charge on any atom is -0.497 e. The first-order valence-corrected chi connectivity index (χ1v) is 9.08. The predicted molar refractivity (Wildman–Crippen MR) is 98.9 cm³/mol. The number of benzene rings is 1. The second kappa shape index (κ2) is 7.19. The van der Waals surface area contributed by atoms with Crippen LogP contribution in [0.4, 0.5) is 4.79 Å². The molecule has 1 aromatic carbocycles. The lowest BCUT2D eigenvalue weighted by Crippen LogP contribution is -2.45. The molecule has 3 unspecified atom stereocenters. The lowest BCUT2D eigenvalue weighted by atomic mass is 9.92. The van der Waals surface area contributed by atoms with Crippen molar-refractivity contribution in [2.24, 2.45) is 11.7 Å². The minimum absolute atomic E-state index is 0.0554. The number of methoxy groups -OCH3 is 1. The number of urea groups is 1. The van der Waals surface area contributed by atoms with Gasteiger partial charge in [0.25, 0.3) is 5.91 Å². The number of carbonyl (C=O) groups excluding carboxylic acids is 3. The molecule has 1 aromatic rings. The molecule has 4 amide bonds. The minimum atomic E-state index is -1.21. The normalized spacial score (nSPS) is 27.9. The van der Waals surface area contributed by atoms with Gasteiger partial charge in [-0.3, -0.25) is 14.5 Å². The number of nitrogens with two attached hydrogens (primary N) is 1. The zero-order valence-electron chi connectivity index (χ0n) is 15.9. The maximum absolute atomic E-state index is 13.0. The highest BCUT2D eigenvalue weighted by atomic mass is 16.5. The summed E-state index contributed by atoms with van der Waals surface area (Å²) in [6.07, 6.45) is 0.839. The molecule has 2 saturated heterocycles. The highest BCUT2D eigenvalue weighted by molar-refractivity contribution is 6.09. The van der Waals surface area contributed by atoms with Gasteiger partial charge in [-0.05, 0) is 50.4 Å². The van der Waals surface area contributed by atoms with Crippen molar-refractivity contribution < 1.29 is 19.1 Å². The predicted octanol–water partition coefficient (Wildman–Crippen LogP) is 0.658. The third-order valence-corrected chi connectivity index (χ3v) is 5.55. The standard InChI is InChI=1S/C19H26N4O4/c1-12-8-13(9-20)10-22(12)16(24)11-23-17(25)19(2,21-18(23)26)14-4-6-15(27-3)7-5-14/h4-7,12-13H,8-11,20H2,1-3H3,(H,21,26). The van der Waals surface area contributed by atoms with Crippen LogP contribution in [-0.2, 0) is 15.1 Å². The van der Waals surface area contributed by atoms with Gasteiger partial charge in [-0.15, -0.1) is 0 Å². The van der Waals surface area contributed by atoms with Gasteiger partial charge in [-0.25, -0.2) is 4.79 Å². The lowest BCUT2D eigenvalue weighted by Gasteiger charge is -2.25. The molecule has 146 valence electrons. The molecule has 2 aliphatic heterocycles. The van der Waals surface area contributed by atoms with Gasteiger partial charge in [0.1, 0.15) is 17.8 Å². The number of ether oxygens (including phenoxy) is 1. The van der Waals surface area contributed by atoms with Crippen molar-refractivity contribution in [1.82, 2.24) is 15.1 Å². The molecule has 8 heteroatoms. The van der Waals surface area contributed by atoms with E-state index in [2.05, 4.69) is 5.32 Å². The van der Waals surface area contributed by atoms with Crippen molar-refractivity contribution in [2.75, 3.05) is 26.7 Å². The van der Waals surface area contributed by atoms with Crippen molar-refractivity contribution in [1.29, 1.82) is 0 Å². The SMILES string of the molecule is COc1ccc(C2(C)NC(=O)N(CC(=O)N3CC(CN)CC3C)C2=O)cc1. The number of likely N-dealkylation sites (tertiary alicyclic amines) is 1. The number of rotatable bonds is 5. The summed E-state index contributed by atoms with van der Waals surface area (Å²) in [5.41, 5.74) is 5.14.